The van der Waals surface area contributed by atoms with Crippen molar-refractivity contribution in [3.8, 4) is 0 Å². The summed E-state index contributed by atoms with van der Waals surface area (Å²) in [6.45, 7) is 6.46. The minimum Gasteiger partial charge on any atom is -0.319 e. The van der Waals surface area contributed by atoms with E-state index in [9.17, 15) is 9.18 Å². The van der Waals surface area contributed by atoms with Crippen LogP contribution in [0.15, 0.2) is 24.3 Å². The maximum absolute atomic E-state index is 13.1. The summed E-state index contributed by atoms with van der Waals surface area (Å²) < 4.78 is 13.1. The molecule has 4 nitrogen and oxygen atoms in total. The first-order valence-electron chi connectivity index (χ1n) is 6.62. The van der Waals surface area contributed by atoms with Crippen LogP contribution in [0.25, 0.3) is 0 Å². The molecule has 1 heterocycles. The Balaban J connectivity index is 2.05. The number of hydrogen-bond donors (Lipinski definition) is 2. The highest BCUT2D eigenvalue weighted by Gasteiger charge is 2.28. The smallest absolute Gasteiger partial charge is 0.319 e. The van der Waals surface area contributed by atoms with Crippen LogP contribution in [0.2, 0.25) is 0 Å². The Hall–Kier alpha value is -1.62. The van der Waals surface area contributed by atoms with Gasteiger partial charge in [-0.2, -0.15) is 0 Å². The van der Waals surface area contributed by atoms with Gasteiger partial charge in [0.05, 0.1) is 0 Å². The minimum atomic E-state index is -0.349. The molecule has 0 aromatic heterocycles. The Labute approximate surface area is 113 Å². The number of urea groups is 1. The van der Waals surface area contributed by atoms with E-state index in [4.69, 9.17) is 0 Å². The molecule has 5 heteroatoms. The van der Waals surface area contributed by atoms with E-state index in [0.29, 0.717) is 18.2 Å². The fourth-order valence-corrected chi connectivity index (χ4v) is 2.33. The van der Waals surface area contributed by atoms with E-state index in [2.05, 4.69) is 24.5 Å². The van der Waals surface area contributed by atoms with E-state index >= 15 is 0 Å². The normalized spacial score (nSPS) is 19.6. The molecule has 0 aliphatic carbocycles. The average molecular weight is 265 g/mol. The fraction of sp³-hybridized carbons (Fsp3) is 0.500. The summed E-state index contributed by atoms with van der Waals surface area (Å²) in [5, 5.41) is 6.05. The predicted molar refractivity (Wildman–Crippen MR) is 73.6 cm³/mol. The molecule has 1 aliphatic heterocycles. The third-order valence-electron chi connectivity index (χ3n) is 3.39. The van der Waals surface area contributed by atoms with Gasteiger partial charge in [-0.1, -0.05) is 19.9 Å². The second-order valence-corrected chi connectivity index (χ2v) is 5.15. The number of hydrogen-bond acceptors (Lipinski definition) is 2. The lowest BCUT2D eigenvalue weighted by molar-refractivity contribution is 0.147. The van der Waals surface area contributed by atoms with Crippen LogP contribution in [0.1, 0.15) is 13.8 Å². The Morgan fingerprint density at radius 3 is 3.00 bits per heavy atom. The molecule has 1 aliphatic rings. The van der Waals surface area contributed by atoms with Crippen LogP contribution in [0.4, 0.5) is 14.9 Å². The third-order valence-corrected chi connectivity index (χ3v) is 3.39. The largest absolute Gasteiger partial charge is 0.322 e. The van der Waals surface area contributed by atoms with Crippen LogP contribution in [0, 0.1) is 11.7 Å². The maximum atomic E-state index is 13.1. The second-order valence-electron chi connectivity index (χ2n) is 5.15. The number of carbonyl (C=O) groups excluding carboxylic acids is 1. The van der Waals surface area contributed by atoms with E-state index in [1.165, 1.54) is 12.1 Å². The molecule has 2 N–H and O–H groups in total. The zero-order valence-electron chi connectivity index (χ0n) is 11.3. The molecule has 0 bridgehead atoms. The maximum Gasteiger partial charge on any atom is 0.322 e. The first-order valence-corrected chi connectivity index (χ1v) is 6.62. The molecule has 0 saturated carbocycles. The molecule has 2 rings (SSSR count). The van der Waals surface area contributed by atoms with Gasteiger partial charge in [-0.3, -0.25) is 0 Å². The van der Waals surface area contributed by atoms with Crippen LogP contribution in [0.3, 0.4) is 0 Å². The highest BCUT2D eigenvalue weighted by Crippen LogP contribution is 2.16. The highest BCUT2D eigenvalue weighted by atomic mass is 19.1. The topological polar surface area (TPSA) is 44.4 Å². The van der Waals surface area contributed by atoms with Crippen LogP contribution in [-0.2, 0) is 0 Å². The number of rotatable bonds is 2. The summed E-state index contributed by atoms with van der Waals surface area (Å²) in [6, 6.07) is 5.96. The zero-order chi connectivity index (χ0) is 13.8. The lowest BCUT2D eigenvalue weighted by Gasteiger charge is -2.38. The van der Waals surface area contributed by atoms with Crippen LogP contribution < -0.4 is 10.6 Å². The van der Waals surface area contributed by atoms with Gasteiger partial charge in [0.2, 0.25) is 0 Å². The Kier molecular flexibility index (Phi) is 4.37. The number of nitrogens with one attached hydrogen (secondary N) is 2. The van der Waals surface area contributed by atoms with Gasteiger partial charge in [-0.05, 0) is 24.1 Å². The molecule has 0 spiro atoms. The number of anilines is 1. The van der Waals surface area contributed by atoms with Crippen molar-refractivity contribution >= 4 is 11.7 Å². The summed E-state index contributed by atoms with van der Waals surface area (Å²) in [5.41, 5.74) is 0.492. The fourth-order valence-electron chi connectivity index (χ4n) is 2.33. The van der Waals surface area contributed by atoms with Gasteiger partial charge < -0.3 is 15.5 Å². The van der Waals surface area contributed by atoms with E-state index in [1.807, 2.05) is 4.90 Å². The molecule has 1 atom stereocenters. The summed E-state index contributed by atoms with van der Waals surface area (Å²) in [5.74, 6) is 0.0320. The van der Waals surface area contributed by atoms with Crippen molar-refractivity contribution in [2.75, 3.05) is 25.0 Å². The number of halogens is 1. The Bertz CT molecular complexity index is 450. The minimum absolute atomic E-state index is 0.161. The summed E-state index contributed by atoms with van der Waals surface area (Å²) in [7, 11) is 0. The monoisotopic (exact) mass is 265 g/mol. The molecule has 1 saturated heterocycles. The molecule has 1 aromatic rings. The van der Waals surface area contributed by atoms with Crippen LogP contribution >= 0.6 is 0 Å². The summed E-state index contributed by atoms with van der Waals surface area (Å²) >= 11 is 0. The molecule has 0 radical (unpaired) electrons. The lowest BCUT2D eigenvalue weighted by Crippen LogP contribution is -2.56. The van der Waals surface area contributed by atoms with E-state index in [0.717, 1.165) is 13.1 Å². The van der Waals surface area contributed by atoms with Gasteiger partial charge in [-0.25, -0.2) is 9.18 Å². The van der Waals surface area contributed by atoms with Gasteiger partial charge >= 0.3 is 6.03 Å². The lowest BCUT2D eigenvalue weighted by atomic mass is 10.0. The third kappa shape index (κ3) is 3.44. The molecule has 1 aromatic carbocycles. The van der Waals surface area contributed by atoms with Crippen LogP contribution in [-0.4, -0.2) is 36.6 Å². The molecule has 19 heavy (non-hydrogen) atoms. The zero-order valence-corrected chi connectivity index (χ0v) is 11.3. The second kappa shape index (κ2) is 6.02. The molecule has 104 valence electrons. The van der Waals surface area contributed by atoms with Gasteiger partial charge in [0, 0.05) is 31.4 Å². The van der Waals surface area contributed by atoms with Crippen molar-refractivity contribution in [1.29, 1.82) is 0 Å². The van der Waals surface area contributed by atoms with Gasteiger partial charge in [0.15, 0.2) is 0 Å². The molecule has 1 fully saturated rings. The number of piperazine rings is 1. The van der Waals surface area contributed by atoms with Crippen molar-refractivity contribution in [3.05, 3.63) is 30.1 Å². The van der Waals surface area contributed by atoms with Gasteiger partial charge in [0.25, 0.3) is 0 Å². The highest BCUT2D eigenvalue weighted by molar-refractivity contribution is 5.89. The number of nitrogens with zero attached hydrogens (tertiary/aromatic N) is 1. The van der Waals surface area contributed by atoms with Crippen molar-refractivity contribution < 1.29 is 9.18 Å². The number of carbonyl (C=O) groups is 1. The van der Waals surface area contributed by atoms with Crippen molar-refractivity contribution in [2.45, 2.75) is 19.9 Å². The van der Waals surface area contributed by atoms with Crippen molar-refractivity contribution in [3.63, 3.8) is 0 Å². The van der Waals surface area contributed by atoms with Crippen molar-refractivity contribution in [2.24, 2.45) is 5.92 Å². The first kappa shape index (κ1) is 13.8. The summed E-state index contributed by atoms with van der Waals surface area (Å²) in [6.07, 6.45) is 0. The molecular weight excluding hydrogens is 245 g/mol. The predicted octanol–water partition coefficient (Wildman–Crippen LogP) is 2.29. The average Bonchev–Trinajstić information content (AvgIpc) is 2.38. The van der Waals surface area contributed by atoms with Gasteiger partial charge in [0.1, 0.15) is 5.82 Å². The molecule has 2 amide bonds. The van der Waals surface area contributed by atoms with Crippen molar-refractivity contribution in [1.82, 2.24) is 10.2 Å². The standard InChI is InChI=1S/C14H20FN3O/c1-10(2)13-9-16-6-7-18(13)14(19)17-12-5-3-4-11(15)8-12/h3-5,8,10,13,16H,6-7,9H2,1-2H3,(H,17,19). The Morgan fingerprint density at radius 2 is 2.32 bits per heavy atom. The van der Waals surface area contributed by atoms with E-state index < -0.39 is 0 Å². The van der Waals surface area contributed by atoms with E-state index in [-0.39, 0.29) is 17.9 Å². The first-order chi connectivity index (χ1) is 9.08. The molecule has 1 unspecified atom stereocenters. The quantitative estimate of drug-likeness (QED) is 0.861. The molecular formula is C14H20FN3O. The Morgan fingerprint density at radius 1 is 1.53 bits per heavy atom. The van der Waals surface area contributed by atoms with Gasteiger partial charge in [-0.15, -0.1) is 0 Å². The van der Waals surface area contributed by atoms with Crippen LogP contribution in [0.5, 0.6) is 0 Å². The van der Waals surface area contributed by atoms with E-state index in [1.54, 1.807) is 12.1 Å². The number of benzene rings is 1. The SMILES string of the molecule is CC(C)C1CNCCN1C(=O)Nc1cccc(F)c1. The number of amides is 2. The summed E-state index contributed by atoms with van der Waals surface area (Å²) in [4.78, 5) is 14.1.